The van der Waals surface area contributed by atoms with Crippen LogP contribution in [0.4, 0.5) is 0 Å². The Labute approximate surface area is 114 Å². The molecule has 0 aliphatic rings. The van der Waals surface area contributed by atoms with E-state index in [0.29, 0.717) is 0 Å². The number of aliphatic carboxylic acids is 1. The van der Waals surface area contributed by atoms with Crippen LogP contribution in [0.5, 0.6) is 0 Å². The van der Waals surface area contributed by atoms with E-state index in [1.807, 2.05) is 48.5 Å². The van der Waals surface area contributed by atoms with E-state index in [0.717, 1.165) is 22.0 Å². The van der Waals surface area contributed by atoms with Crippen LogP contribution in [0.15, 0.2) is 48.5 Å². The van der Waals surface area contributed by atoms with Crippen LogP contribution in [0.1, 0.15) is 11.1 Å². The first-order valence-corrected chi connectivity index (χ1v) is 6.78. The molecule has 2 rings (SSSR count). The summed E-state index contributed by atoms with van der Waals surface area (Å²) in [6.07, 6.45) is 0.0520. The van der Waals surface area contributed by atoms with Crippen molar-refractivity contribution in [1.82, 2.24) is 0 Å². The highest BCUT2D eigenvalue weighted by atomic mass is 79.9. The second-order valence-corrected chi connectivity index (χ2v) is 4.62. The lowest BCUT2D eigenvalue weighted by molar-refractivity contribution is -0.136. The molecular weight excluding hydrogens is 292 g/mol. The van der Waals surface area contributed by atoms with E-state index in [4.69, 9.17) is 5.11 Å². The van der Waals surface area contributed by atoms with Crippen LogP contribution >= 0.6 is 15.9 Å². The molecular formula is C15H13BrO2. The maximum Gasteiger partial charge on any atom is 0.307 e. The van der Waals surface area contributed by atoms with Gasteiger partial charge in [-0.3, -0.25) is 4.79 Å². The summed E-state index contributed by atoms with van der Waals surface area (Å²) < 4.78 is 0. The van der Waals surface area contributed by atoms with Crippen molar-refractivity contribution >= 4 is 21.9 Å². The maximum absolute atomic E-state index is 10.8. The Kier molecular flexibility index (Phi) is 4.15. The SMILES string of the molecule is O=C(O)Cc1ccccc1-c1ccc(CBr)cc1. The van der Waals surface area contributed by atoms with Crippen molar-refractivity contribution in [2.75, 3.05) is 0 Å². The van der Waals surface area contributed by atoms with Crippen LogP contribution < -0.4 is 0 Å². The Morgan fingerprint density at radius 2 is 1.72 bits per heavy atom. The van der Waals surface area contributed by atoms with Gasteiger partial charge in [0.2, 0.25) is 0 Å². The van der Waals surface area contributed by atoms with Gasteiger partial charge in [-0.25, -0.2) is 0 Å². The number of benzene rings is 2. The number of carboxylic acid groups (broad SMARTS) is 1. The summed E-state index contributed by atoms with van der Waals surface area (Å²) in [7, 11) is 0. The number of hydrogen-bond donors (Lipinski definition) is 1. The molecule has 0 aliphatic heterocycles. The van der Waals surface area contributed by atoms with Gasteiger partial charge in [0, 0.05) is 5.33 Å². The van der Waals surface area contributed by atoms with Crippen molar-refractivity contribution in [2.45, 2.75) is 11.8 Å². The third kappa shape index (κ3) is 2.99. The fourth-order valence-electron chi connectivity index (χ4n) is 1.89. The zero-order valence-electron chi connectivity index (χ0n) is 9.77. The first-order chi connectivity index (χ1) is 8.70. The molecule has 0 radical (unpaired) electrons. The minimum atomic E-state index is -0.806. The smallest absolute Gasteiger partial charge is 0.307 e. The Balaban J connectivity index is 2.39. The third-order valence-electron chi connectivity index (χ3n) is 2.78. The highest BCUT2D eigenvalue weighted by Gasteiger charge is 2.07. The van der Waals surface area contributed by atoms with Gasteiger partial charge in [-0.2, -0.15) is 0 Å². The molecule has 1 N–H and O–H groups in total. The molecule has 0 aliphatic carbocycles. The van der Waals surface area contributed by atoms with Crippen LogP contribution in [0, 0.1) is 0 Å². The van der Waals surface area contributed by atoms with Gasteiger partial charge >= 0.3 is 5.97 Å². The highest BCUT2D eigenvalue weighted by Crippen LogP contribution is 2.24. The zero-order chi connectivity index (χ0) is 13.0. The lowest BCUT2D eigenvalue weighted by Crippen LogP contribution is -2.01. The monoisotopic (exact) mass is 304 g/mol. The molecule has 0 saturated carbocycles. The van der Waals surface area contributed by atoms with Gasteiger partial charge in [0.15, 0.2) is 0 Å². The van der Waals surface area contributed by atoms with E-state index in [1.165, 1.54) is 5.56 Å². The Hall–Kier alpha value is -1.61. The van der Waals surface area contributed by atoms with Crippen LogP contribution in [0.2, 0.25) is 0 Å². The molecule has 0 aromatic heterocycles. The normalized spacial score (nSPS) is 10.3. The van der Waals surface area contributed by atoms with Crippen molar-refractivity contribution in [1.29, 1.82) is 0 Å². The molecule has 2 aromatic rings. The van der Waals surface area contributed by atoms with Crippen LogP contribution in [0.25, 0.3) is 11.1 Å². The van der Waals surface area contributed by atoms with Gasteiger partial charge in [-0.1, -0.05) is 64.5 Å². The fraction of sp³-hybridized carbons (Fsp3) is 0.133. The molecule has 18 heavy (non-hydrogen) atoms. The average Bonchev–Trinajstić information content (AvgIpc) is 2.39. The number of carboxylic acids is 1. The Morgan fingerprint density at radius 1 is 1.06 bits per heavy atom. The molecule has 3 heteroatoms. The molecule has 2 aromatic carbocycles. The van der Waals surface area contributed by atoms with E-state index in [9.17, 15) is 4.79 Å². The zero-order valence-corrected chi connectivity index (χ0v) is 11.4. The minimum absolute atomic E-state index is 0.0520. The molecule has 0 heterocycles. The first kappa shape index (κ1) is 12.8. The van der Waals surface area contributed by atoms with E-state index < -0.39 is 5.97 Å². The molecule has 0 spiro atoms. The van der Waals surface area contributed by atoms with Gasteiger partial charge in [0.1, 0.15) is 0 Å². The quantitative estimate of drug-likeness (QED) is 0.871. The van der Waals surface area contributed by atoms with Gasteiger partial charge in [-0.15, -0.1) is 0 Å². The molecule has 0 atom stereocenters. The second kappa shape index (κ2) is 5.83. The lowest BCUT2D eigenvalue weighted by Gasteiger charge is -2.08. The molecule has 0 saturated heterocycles. The molecule has 0 fully saturated rings. The summed E-state index contributed by atoms with van der Waals surface area (Å²) in [5.41, 5.74) is 4.09. The molecule has 0 bridgehead atoms. The predicted molar refractivity (Wildman–Crippen MR) is 75.8 cm³/mol. The van der Waals surface area contributed by atoms with E-state index in [-0.39, 0.29) is 6.42 Å². The minimum Gasteiger partial charge on any atom is -0.481 e. The largest absolute Gasteiger partial charge is 0.481 e. The number of rotatable bonds is 4. The van der Waals surface area contributed by atoms with Gasteiger partial charge < -0.3 is 5.11 Å². The van der Waals surface area contributed by atoms with Gasteiger partial charge in [0.05, 0.1) is 6.42 Å². The molecule has 0 amide bonds. The Morgan fingerprint density at radius 3 is 2.33 bits per heavy atom. The standard InChI is InChI=1S/C15H13BrO2/c16-10-11-5-7-12(8-6-11)14-4-2-1-3-13(14)9-15(17)18/h1-8H,9-10H2,(H,17,18). The first-order valence-electron chi connectivity index (χ1n) is 5.65. The maximum atomic E-state index is 10.8. The summed E-state index contributed by atoms with van der Waals surface area (Å²) in [6, 6.07) is 15.8. The molecule has 92 valence electrons. The number of halogens is 1. The summed E-state index contributed by atoms with van der Waals surface area (Å²) in [6.45, 7) is 0. The van der Waals surface area contributed by atoms with Crippen LogP contribution in [0.3, 0.4) is 0 Å². The number of hydrogen-bond acceptors (Lipinski definition) is 1. The fourth-order valence-corrected chi connectivity index (χ4v) is 2.27. The molecule has 2 nitrogen and oxygen atoms in total. The van der Waals surface area contributed by atoms with E-state index in [2.05, 4.69) is 15.9 Å². The summed E-state index contributed by atoms with van der Waals surface area (Å²) in [4.78, 5) is 10.8. The van der Waals surface area contributed by atoms with Gasteiger partial charge in [0.25, 0.3) is 0 Å². The highest BCUT2D eigenvalue weighted by molar-refractivity contribution is 9.08. The summed E-state index contributed by atoms with van der Waals surface area (Å²) in [5.74, 6) is -0.806. The summed E-state index contributed by atoms with van der Waals surface area (Å²) >= 11 is 3.41. The predicted octanol–water partition coefficient (Wildman–Crippen LogP) is 3.88. The second-order valence-electron chi connectivity index (χ2n) is 4.06. The summed E-state index contributed by atoms with van der Waals surface area (Å²) in [5, 5.41) is 9.74. The van der Waals surface area contributed by atoms with Crippen molar-refractivity contribution in [3.8, 4) is 11.1 Å². The van der Waals surface area contributed by atoms with Gasteiger partial charge in [-0.05, 0) is 22.3 Å². The van der Waals surface area contributed by atoms with Crippen molar-refractivity contribution in [3.05, 3.63) is 59.7 Å². The van der Waals surface area contributed by atoms with E-state index in [1.54, 1.807) is 0 Å². The van der Waals surface area contributed by atoms with Crippen LogP contribution in [-0.2, 0) is 16.5 Å². The van der Waals surface area contributed by atoms with Crippen molar-refractivity contribution < 1.29 is 9.90 Å². The number of carbonyl (C=O) groups is 1. The lowest BCUT2D eigenvalue weighted by atomic mass is 9.97. The van der Waals surface area contributed by atoms with Crippen molar-refractivity contribution in [3.63, 3.8) is 0 Å². The Bertz CT molecular complexity index is 547. The number of alkyl halides is 1. The van der Waals surface area contributed by atoms with Crippen molar-refractivity contribution in [2.24, 2.45) is 0 Å². The average molecular weight is 305 g/mol. The topological polar surface area (TPSA) is 37.3 Å². The third-order valence-corrected chi connectivity index (χ3v) is 3.43. The van der Waals surface area contributed by atoms with E-state index >= 15 is 0 Å². The van der Waals surface area contributed by atoms with Crippen LogP contribution in [-0.4, -0.2) is 11.1 Å². The molecule has 0 unspecified atom stereocenters.